The number of nitrogens with zero attached hydrogens (tertiary/aromatic N) is 3. The Labute approximate surface area is 169 Å². The van der Waals surface area contributed by atoms with Gasteiger partial charge in [0.15, 0.2) is 5.69 Å². The number of alkyl halides is 3. The number of ether oxygens (including phenoxy) is 1. The average Bonchev–Trinajstić information content (AvgIpc) is 3.07. The van der Waals surface area contributed by atoms with Gasteiger partial charge in [0.25, 0.3) is 5.56 Å². The van der Waals surface area contributed by atoms with Crippen molar-refractivity contribution in [2.24, 2.45) is 0 Å². The third-order valence-electron chi connectivity index (χ3n) is 4.92. The Hall–Kier alpha value is -3.30. The SMILES string of the molecule is Cc1cc(C(F)(F)F)nn1CCc1cc(=O)[nH]c(NC2CCOc3ccccc32)n1. The summed E-state index contributed by atoms with van der Waals surface area (Å²) in [5.41, 5.74) is 0.563. The first-order chi connectivity index (χ1) is 14.3. The van der Waals surface area contributed by atoms with Crippen LogP contribution >= 0.6 is 0 Å². The predicted octanol–water partition coefficient (Wildman–Crippen LogP) is 3.47. The van der Waals surface area contributed by atoms with Gasteiger partial charge in [0.05, 0.1) is 18.3 Å². The van der Waals surface area contributed by atoms with Crippen LogP contribution in [-0.2, 0) is 19.1 Å². The quantitative estimate of drug-likeness (QED) is 0.662. The van der Waals surface area contributed by atoms with E-state index in [9.17, 15) is 18.0 Å². The molecule has 30 heavy (non-hydrogen) atoms. The van der Waals surface area contributed by atoms with Gasteiger partial charge in [-0.05, 0) is 19.1 Å². The monoisotopic (exact) mass is 419 g/mol. The highest BCUT2D eigenvalue weighted by atomic mass is 19.4. The number of anilines is 1. The third-order valence-corrected chi connectivity index (χ3v) is 4.92. The molecule has 3 heterocycles. The van der Waals surface area contributed by atoms with Crippen molar-refractivity contribution in [2.75, 3.05) is 11.9 Å². The smallest absolute Gasteiger partial charge is 0.435 e. The summed E-state index contributed by atoms with van der Waals surface area (Å²) in [7, 11) is 0. The second-order valence-corrected chi connectivity index (χ2v) is 7.10. The largest absolute Gasteiger partial charge is 0.493 e. The number of hydrogen-bond donors (Lipinski definition) is 2. The summed E-state index contributed by atoms with van der Waals surface area (Å²) in [5.74, 6) is 1.10. The predicted molar refractivity (Wildman–Crippen MR) is 103 cm³/mol. The lowest BCUT2D eigenvalue weighted by molar-refractivity contribution is -0.141. The number of aromatic nitrogens is 4. The molecule has 10 heteroatoms. The fraction of sp³-hybridized carbons (Fsp3) is 0.350. The molecule has 1 aromatic carbocycles. The zero-order chi connectivity index (χ0) is 21.3. The highest BCUT2D eigenvalue weighted by Crippen LogP contribution is 2.33. The fourth-order valence-corrected chi connectivity index (χ4v) is 3.46. The molecular weight excluding hydrogens is 399 g/mol. The standard InChI is InChI=1S/C20H20F3N5O2/c1-12-10-17(20(21,22)23)27-28(12)8-6-13-11-18(29)26-19(24-13)25-15-7-9-30-16-5-3-2-4-14(15)16/h2-5,10-11,15H,6-9H2,1H3,(H2,24,25,26,29). The van der Waals surface area contributed by atoms with Crippen LogP contribution in [0.1, 0.15) is 35.1 Å². The van der Waals surface area contributed by atoms with Gasteiger partial charge in [-0.2, -0.15) is 18.3 Å². The molecule has 7 nitrogen and oxygen atoms in total. The van der Waals surface area contributed by atoms with Crippen molar-refractivity contribution in [1.82, 2.24) is 19.7 Å². The van der Waals surface area contributed by atoms with E-state index in [1.165, 1.54) is 10.7 Å². The van der Waals surface area contributed by atoms with Gasteiger partial charge in [-0.1, -0.05) is 18.2 Å². The van der Waals surface area contributed by atoms with Crippen LogP contribution in [0.5, 0.6) is 5.75 Å². The topological polar surface area (TPSA) is 84.8 Å². The number of H-pyrrole nitrogens is 1. The van der Waals surface area contributed by atoms with Crippen molar-refractivity contribution >= 4 is 5.95 Å². The minimum absolute atomic E-state index is 0.0731. The second kappa shape index (κ2) is 7.85. The summed E-state index contributed by atoms with van der Waals surface area (Å²) in [5, 5.41) is 6.84. The van der Waals surface area contributed by atoms with Crippen molar-refractivity contribution in [3.8, 4) is 5.75 Å². The summed E-state index contributed by atoms with van der Waals surface area (Å²) in [6.07, 6.45) is -3.52. The van der Waals surface area contributed by atoms with E-state index in [1.54, 1.807) is 6.92 Å². The molecule has 0 bridgehead atoms. The summed E-state index contributed by atoms with van der Waals surface area (Å²) in [6, 6.07) is 9.91. The van der Waals surface area contributed by atoms with Gasteiger partial charge < -0.3 is 10.1 Å². The summed E-state index contributed by atoms with van der Waals surface area (Å²) in [6.45, 7) is 2.28. The van der Waals surface area contributed by atoms with Crippen LogP contribution in [0.2, 0.25) is 0 Å². The summed E-state index contributed by atoms with van der Waals surface area (Å²) >= 11 is 0. The van der Waals surface area contributed by atoms with Gasteiger partial charge in [-0.25, -0.2) is 4.98 Å². The lowest BCUT2D eigenvalue weighted by atomic mass is 10.0. The number of aromatic amines is 1. The zero-order valence-electron chi connectivity index (χ0n) is 16.2. The van der Waals surface area contributed by atoms with Crippen LogP contribution in [0.25, 0.3) is 0 Å². The maximum absolute atomic E-state index is 12.8. The number of halogens is 3. The Balaban J connectivity index is 1.50. The Morgan fingerprint density at radius 1 is 1.30 bits per heavy atom. The molecule has 0 fully saturated rings. The molecule has 4 rings (SSSR count). The van der Waals surface area contributed by atoms with Crippen LogP contribution in [-0.4, -0.2) is 26.4 Å². The molecule has 1 unspecified atom stereocenters. The number of aryl methyl sites for hydroxylation is 3. The number of fused-ring (bicyclic) bond motifs is 1. The molecule has 1 atom stereocenters. The van der Waals surface area contributed by atoms with Gasteiger partial charge in [0.1, 0.15) is 5.75 Å². The number of rotatable bonds is 5. The zero-order valence-corrected chi connectivity index (χ0v) is 16.2. The molecule has 0 saturated carbocycles. The van der Waals surface area contributed by atoms with E-state index in [1.807, 2.05) is 24.3 Å². The first-order valence-corrected chi connectivity index (χ1v) is 9.50. The highest BCUT2D eigenvalue weighted by molar-refractivity contribution is 5.42. The number of nitrogens with one attached hydrogen (secondary N) is 2. The van der Waals surface area contributed by atoms with Gasteiger partial charge in [-0.3, -0.25) is 14.5 Å². The van der Waals surface area contributed by atoms with E-state index in [-0.39, 0.29) is 24.6 Å². The van der Waals surface area contributed by atoms with Gasteiger partial charge >= 0.3 is 6.18 Å². The first kappa shape index (κ1) is 20.0. The van der Waals surface area contributed by atoms with E-state index in [2.05, 4.69) is 20.4 Å². The third kappa shape index (κ3) is 4.32. The van der Waals surface area contributed by atoms with Crippen molar-refractivity contribution in [3.63, 3.8) is 0 Å². The lowest BCUT2D eigenvalue weighted by Gasteiger charge is -2.26. The molecule has 2 aromatic heterocycles. The fourth-order valence-electron chi connectivity index (χ4n) is 3.46. The van der Waals surface area contributed by atoms with E-state index in [0.717, 1.165) is 17.4 Å². The second-order valence-electron chi connectivity index (χ2n) is 7.10. The Bertz CT molecular complexity index is 1110. The van der Waals surface area contributed by atoms with Crippen molar-refractivity contribution in [1.29, 1.82) is 0 Å². The summed E-state index contributed by atoms with van der Waals surface area (Å²) in [4.78, 5) is 19.2. The van der Waals surface area contributed by atoms with Gasteiger partial charge in [0.2, 0.25) is 5.95 Å². The Morgan fingerprint density at radius 2 is 2.10 bits per heavy atom. The molecule has 0 saturated heterocycles. The molecule has 0 amide bonds. The van der Waals surface area contributed by atoms with Crippen molar-refractivity contribution < 1.29 is 17.9 Å². The first-order valence-electron chi connectivity index (χ1n) is 9.50. The number of para-hydroxylation sites is 1. The molecule has 2 N–H and O–H groups in total. The van der Waals surface area contributed by atoms with E-state index in [0.29, 0.717) is 30.4 Å². The molecule has 158 valence electrons. The number of hydrogen-bond acceptors (Lipinski definition) is 5. The minimum Gasteiger partial charge on any atom is -0.493 e. The summed E-state index contributed by atoms with van der Waals surface area (Å²) < 4.78 is 45.4. The Morgan fingerprint density at radius 3 is 2.87 bits per heavy atom. The highest BCUT2D eigenvalue weighted by Gasteiger charge is 2.34. The van der Waals surface area contributed by atoms with Crippen LogP contribution in [0.3, 0.4) is 0 Å². The van der Waals surface area contributed by atoms with E-state index in [4.69, 9.17) is 4.74 Å². The van der Waals surface area contributed by atoms with Gasteiger partial charge in [-0.15, -0.1) is 0 Å². The van der Waals surface area contributed by atoms with Crippen LogP contribution in [0, 0.1) is 6.92 Å². The molecule has 0 spiro atoms. The van der Waals surface area contributed by atoms with Crippen LogP contribution < -0.4 is 15.6 Å². The van der Waals surface area contributed by atoms with Crippen LogP contribution in [0.15, 0.2) is 41.2 Å². The molecule has 1 aliphatic heterocycles. The van der Waals surface area contributed by atoms with E-state index < -0.39 is 11.9 Å². The molecule has 0 radical (unpaired) electrons. The Kier molecular flexibility index (Phi) is 5.23. The maximum atomic E-state index is 12.8. The minimum atomic E-state index is -4.49. The number of benzene rings is 1. The maximum Gasteiger partial charge on any atom is 0.435 e. The molecule has 3 aromatic rings. The lowest BCUT2D eigenvalue weighted by Crippen LogP contribution is -2.23. The van der Waals surface area contributed by atoms with Crippen molar-refractivity contribution in [3.05, 3.63) is 69.4 Å². The normalized spacial score (nSPS) is 16.1. The molecular formula is C20H20F3N5O2. The van der Waals surface area contributed by atoms with Crippen molar-refractivity contribution in [2.45, 2.75) is 38.5 Å². The average molecular weight is 419 g/mol. The molecule has 1 aliphatic rings. The van der Waals surface area contributed by atoms with Gasteiger partial charge in [0, 0.05) is 36.7 Å². The van der Waals surface area contributed by atoms with E-state index >= 15 is 0 Å². The van der Waals surface area contributed by atoms with Crippen LogP contribution in [0.4, 0.5) is 19.1 Å². The molecule has 0 aliphatic carbocycles.